The van der Waals surface area contributed by atoms with Gasteiger partial charge in [-0.1, -0.05) is 54.3 Å². The molecule has 1 heterocycles. The molecule has 1 N–H and O–H groups in total. The Bertz CT molecular complexity index is 936. The lowest BCUT2D eigenvalue weighted by Crippen LogP contribution is -2.28. The molecule has 1 fully saturated rings. The molecule has 1 saturated heterocycles. The number of amides is 1. The zero-order chi connectivity index (χ0) is 18.1. The lowest BCUT2D eigenvalue weighted by atomic mass is 10.1. The zero-order valence-corrected chi connectivity index (χ0v) is 14.7. The van der Waals surface area contributed by atoms with Crippen LogP contribution in [-0.2, 0) is 4.79 Å². The van der Waals surface area contributed by atoms with Gasteiger partial charge in [0.25, 0.3) is 5.91 Å². The van der Waals surface area contributed by atoms with E-state index in [9.17, 15) is 14.7 Å². The number of anilines is 1. The number of benzene rings is 2. The van der Waals surface area contributed by atoms with Crippen molar-refractivity contribution >= 4 is 51.9 Å². The summed E-state index contributed by atoms with van der Waals surface area (Å²) >= 11 is 6.43. The SMILES string of the molecule is Cc1ccc(C(=O)O)cc1N1C(=O)/C(=C/c2cccc([O-])c2)SC1=S. The summed E-state index contributed by atoms with van der Waals surface area (Å²) in [6, 6.07) is 10.8. The highest BCUT2D eigenvalue weighted by Gasteiger charge is 2.34. The smallest absolute Gasteiger partial charge is 0.335 e. The van der Waals surface area contributed by atoms with Gasteiger partial charge in [-0.25, -0.2) is 4.79 Å². The first-order chi connectivity index (χ1) is 11.9. The molecule has 1 aliphatic heterocycles. The van der Waals surface area contributed by atoms with Crippen LogP contribution in [-0.4, -0.2) is 21.3 Å². The van der Waals surface area contributed by atoms with E-state index >= 15 is 0 Å². The number of hydrogen-bond donors (Lipinski definition) is 1. The van der Waals surface area contributed by atoms with Gasteiger partial charge in [-0.05, 0) is 36.3 Å². The Morgan fingerprint density at radius 1 is 1.28 bits per heavy atom. The third-order valence-electron chi connectivity index (χ3n) is 3.65. The fourth-order valence-corrected chi connectivity index (χ4v) is 3.70. The van der Waals surface area contributed by atoms with Crippen molar-refractivity contribution < 1.29 is 19.8 Å². The van der Waals surface area contributed by atoms with E-state index in [0.29, 0.717) is 20.5 Å². The Hall–Kier alpha value is -2.64. The van der Waals surface area contributed by atoms with E-state index in [4.69, 9.17) is 17.3 Å². The minimum atomic E-state index is -1.07. The van der Waals surface area contributed by atoms with Crippen LogP contribution >= 0.6 is 24.0 Å². The predicted octanol–water partition coefficient (Wildman–Crippen LogP) is 3.17. The zero-order valence-electron chi connectivity index (χ0n) is 13.1. The maximum atomic E-state index is 12.8. The molecule has 1 aliphatic rings. The van der Waals surface area contributed by atoms with Crippen molar-refractivity contribution in [3.8, 4) is 5.75 Å². The molecule has 0 unspecified atom stereocenters. The minimum absolute atomic E-state index is 0.0812. The number of hydrogen-bond acceptors (Lipinski definition) is 5. The van der Waals surface area contributed by atoms with Crippen molar-refractivity contribution in [3.05, 3.63) is 64.1 Å². The van der Waals surface area contributed by atoms with Crippen LogP contribution in [0.4, 0.5) is 5.69 Å². The molecule has 2 aromatic rings. The summed E-state index contributed by atoms with van der Waals surface area (Å²) in [4.78, 5) is 25.7. The summed E-state index contributed by atoms with van der Waals surface area (Å²) in [5, 5.41) is 20.6. The Morgan fingerprint density at radius 3 is 2.72 bits per heavy atom. The van der Waals surface area contributed by atoms with Crippen molar-refractivity contribution in [2.75, 3.05) is 4.90 Å². The Labute approximate surface area is 153 Å². The van der Waals surface area contributed by atoms with Gasteiger partial charge in [0, 0.05) is 0 Å². The first kappa shape index (κ1) is 17.2. The van der Waals surface area contributed by atoms with Crippen LogP contribution in [0.1, 0.15) is 21.5 Å². The first-order valence-corrected chi connectivity index (χ1v) is 8.48. The van der Waals surface area contributed by atoms with Gasteiger partial charge in [0.05, 0.1) is 16.2 Å². The predicted molar refractivity (Wildman–Crippen MR) is 99.7 cm³/mol. The van der Waals surface area contributed by atoms with Gasteiger partial charge in [-0.2, -0.15) is 0 Å². The molecular formula is C18H12NO4S2-. The highest BCUT2D eigenvalue weighted by molar-refractivity contribution is 8.27. The van der Waals surface area contributed by atoms with Gasteiger partial charge in [0.2, 0.25) is 0 Å². The summed E-state index contributed by atoms with van der Waals surface area (Å²) in [5.74, 6) is -1.55. The average Bonchev–Trinajstić information content (AvgIpc) is 2.82. The molecule has 0 aliphatic carbocycles. The first-order valence-electron chi connectivity index (χ1n) is 7.26. The van der Waals surface area contributed by atoms with E-state index in [2.05, 4.69) is 0 Å². The summed E-state index contributed by atoms with van der Waals surface area (Å²) in [6.45, 7) is 1.78. The van der Waals surface area contributed by atoms with Gasteiger partial charge < -0.3 is 10.2 Å². The number of aromatic carboxylic acids is 1. The number of carboxylic acid groups (broad SMARTS) is 1. The van der Waals surface area contributed by atoms with E-state index in [1.165, 1.54) is 29.2 Å². The normalized spacial score (nSPS) is 15.9. The number of carbonyl (C=O) groups is 2. The lowest BCUT2D eigenvalue weighted by molar-refractivity contribution is -0.268. The molecular weight excluding hydrogens is 358 g/mol. The monoisotopic (exact) mass is 370 g/mol. The van der Waals surface area contributed by atoms with Crippen molar-refractivity contribution in [3.63, 3.8) is 0 Å². The van der Waals surface area contributed by atoms with E-state index in [1.54, 1.807) is 31.2 Å². The highest BCUT2D eigenvalue weighted by Crippen LogP contribution is 2.37. The second kappa shape index (κ2) is 6.70. The second-order valence-corrected chi connectivity index (χ2v) is 7.07. The number of aryl methyl sites for hydroxylation is 1. The van der Waals surface area contributed by atoms with Crippen LogP contribution in [0, 0.1) is 6.92 Å². The molecule has 2 aromatic carbocycles. The third-order valence-corrected chi connectivity index (χ3v) is 4.95. The molecule has 0 bridgehead atoms. The number of thiocarbonyl (C=S) groups is 1. The molecule has 7 heteroatoms. The number of nitrogens with zero attached hydrogens (tertiary/aromatic N) is 1. The molecule has 126 valence electrons. The quantitative estimate of drug-likeness (QED) is 0.660. The number of carbonyl (C=O) groups excluding carboxylic acids is 1. The Balaban J connectivity index is 2.00. The maximum Gasteiger partial charge on any atom is 0.335 e. The molecule has 0 aromatic heterocycles. The average molecular weight is 370 g/mol. The molecule has 25 heavy (non-hydrogen) atoms. The van der Waals surface area contributed by atoms with E-state index < -0.39 is 5.97 Å². The molecule has 5 nitrogen and oxygen atoms in total. The number of thioether (sulfide) groups is 1. The van der Waals surface area contributed by atoms with Crippen molar-refractivity contribution in [1.82, 2.24) is 0 Å². The molecule has 0 atom stereocenters. The summed E-state index contributed by atoms with van der Waals surface area (Å²) in [5.41, 5.74) is 1.88. The Kier molecular flexibility index (Phi) is 4.61. The highest BCUT2D eigenvalue weighted by atomic mass is 32.2. The van der Waals surface area contributed by atoms with Gasteiger partial charge in [0.1, 0.15) is 0 Å². The van der Waals surface area contributed by atoms with E-state index in [0.717, 1.165) is 17.3 Å². The second-order valence-electron chi connectivity index (χ2n) is 5.40. The van der Waals surface area contributed by atoms with E-state index in [-0.39, 0.29) is 17.2 Å². The van der Waals surface area contributed by atoms with Gasteiger partial charge in [-0.15, -0.1) is 5.75 Å². The fraction of sp³-hybridized carbons (Fsp3) is 0.0556. The van der Waals surface area contributed by atoms with Gasteiger partial charge >= 0.3 is 5.97 Å². The lowest BCUT2D eigenvalue weighted by Gasteiger charge is -2.17. The molecule has 0 saturated carbocycles. The third kappa shape index (κ3) is 3.42. The van der Waals surface area contributed by atoms with Crippen molar-refractivity contribution in [2.24, 2.45) is 0 Å². The molecule has 3 rings (SSSR count). The van der Waals surface area contributed by atoms with Crippen LogP contribution in [0.2, 0.25) is 0 Å². The van der Waals surface area contributed by atoms with Crippen LogP contribution < -0.4 is 10.0 Å². The number of carboxylic acids is 1. The van der Waals surface area contributed by atoms with Crippen LogP contribution in [0.5, 0.6) is 5.75 Å². The molecule has 0 radical (unpaired) electrons. The van der Waals surface area contributed by atoms with Gasteiger partial charge in [-0.3, -0.25) is 9.69 Å². The summed E-state index contributed by atoms with van der Waals surface area (Å²) in [6.07, 6.45) is 1.61. The Morgan fingerprint density at radius 2 is 2.04 bits per heavy atom. The molecule has 1 amide bonds. The topological polar surface area (TPSA) is 80.7 Å². The summed E-state index contributed by atoms with van der Waals surface area (Å²) < 4.78 is 0.320. The van der Waals surface area contributed by atoms with E-state index in [1.807, 2.05) is 0 Å². The fourth-order valence-electron chi connectivity index (χ4n) is 2.41. The summed E-state index contributed by atoms with van der Waals surface area (Å²) in [7, 11) is 0. The molecule has 0 spiro atoms. The number of rotatable bonds is 3. The van der Waals surface area contributed by atoms with Crippen LogP contribution in [0.25, 0.3) is 6.08 Å². The van der Waals surface area contributed by atoms with Crippen LogP contribution in [0.15, 0.2) is 47.4 Å². The van der Waals surface area contributed by atoms with Crippen molar-refractivity contribution in [1.29, 1.82) is 0 Å². The largest absolute Gasteiger partial charge is 0.872 e. The van der Waals surface area contributed by atoms with Crippen molar-refractivity contribution in [2.45, 2.75) is 6.92 Å². The minimum Gasteiger partial charge on any atom is -0.872 e. The van der Waals surface area contributed by atoms with Gasteiger partial charge in [0.15, 0.2) is 4.32 Å². The van der Waals surface area contributed by atoms with Crippen LogP contribution in [0.3, 0.4) is 0 Å². The maximum absolute atomic E-state index is 12.8. The standard InChI is InChI=1S/C18H13NO4S2/c1-10-5-6-12(17(22)23)9-14(10)19-16(21)15(25-18(19)24)8-11-3-2-4-13(20)7-11/h2-9,20H,1H3,(H,22,23)/p-1/b15-8-.